The van der Waals surface area contributed by atoms with Gasteiger partial charge in [0.2, 0.25) is 5.16 Å². The number of halogens is 1. The Hall–Kier alpha value is -2.29. The Bertz CT molecular complexity index is 855. The molecular weight excluding hydrogens is 329 g/mol. The summed E-state index contributed by atoms with van der Waals surface area (Å²) in [6.45, 7) is 0. The lowest BCUT2D eigenvalue weighted by molar-refractivity contribution is 0.391. The van der Waals surface area contributed by atoms with E-state index in [2.05, 4.69) is 30.3 Å². The monoisotopic (exact) mass is 345 g/mol. The zero-order valence-corrected chi connectivity index (χ0v) is 13.9. The third-order valence-corrected chi connectivity index (χ3v) is 5.21. The second kappa shape index (κ2) is 6.31. The van der Waals surface area contributed by atoms with Gasteiger partial charge in [-0.05, 0) is 41.5 Å². The fourth-order valence-corrected chi connectivity index (χ4v) is 3.56. The normalized spacial score (nSPS) is 14.8. The van der Waals surface area contributed by atoms with E-state index in [-0.39, 0.29) is 5.82 Å². The van der Waals surface area contributed by atoms with Crippen LogP contribution in [0.1, 0.15) is 36.8 Å². The Balaban J connectivity index is 1.51. The molecule has 0 bridgehead atoms. The summed E-state index contributed by atoms with van der Waals surface area (Å²) in [5, 5.41) is 20.9. The number of hydrogen-bond acceptors (Lipinski definition) is 6. The van der Waals surface area contributed by atoms with Gasteiger partial charge in [0.05, 0.1) is 11.4 Å². The third kappa shape index (κ3) is 2.79. The van der Waals surface area contributed by atoms with Crippen molar-refractivity contribution < 1.29 is 4.39 Å². The van der Waals surface area contributed by atoms with Crippen molar-refractivity contribution in [1.82, 2.24) is 35.0 Å². The zero-order valence-electron chi connectivity index (χ0n) is 13.1. The van der Waals surface area contributed by atoms with Gasteiger partial charge < -0.3 is 4.57 Å². The van der Waals surface area contributed by atoms with E-state index in [1.807, 2.05) is 7.05 Å². The molecule has 0 atom stereocenters. The molecule has 9 heteroatoms. The number of tetrazole rings is 1. The average Bonchev–Trinajstić information content (AvgIpc) is 3.12. The number of benzene rings is 1. The second-order valence-corrected chi connectivity index (χ2v) is 6.75. The lowest BCUT2D eigenvalue weighted by Gasteiger charge is -2.24. The maximum absolute atomic E-state index is 13.4. The Morgan fingerprint density at radius 3 is 2.88 bits per heavy atom. The molecule has 1 fully saturated rings. The molecule has 0 radical (unpaired) electrons. The largest absolute Gasteiger partial charge is 0.317 e. The molecule has 3 aromatic rings. The first-order valence-corrected chi connectivity index (χ1v) is 8.76. The first-order valence-electron chi connectivity index (χ1n) is 7.77. The fourth-order valence-electron chi connectivity index (χ4n) is 2.69. The van der Waals surface area contributed by atoms with Crippen molar-refractivity contribution in [2.75, 3.05) is 0 Å². The summed E-state index contributed by atoms with van der Waals surface area (Å²) < 4.78 is 17.0. The third-order valence-electron chi connectivity index (χ3n) is 4.29. The minimum atomic E-state index is -0.322. The molecule has 0 aliphatic heterocycles. The number of aromatic nitrogens is 7. The maximum Gasteiger partial charge on any atom is 0.214 e. The van der Waals surface area contributed by atoms with Gasteiger partial charge in [-0.1, -0.05) is 24.2 Å². The van der Waals surface area contributed by atoms with Crippen LogP contribution in [0.5, 0.6) is 0 Å². The Morgan fingerprint density at radius 1 is 1.25 bits per heavy atom. The van der Waals surface area contributed by atoms with E-state index < -0.39 is 0 Å². The summed E-state index contributed by atoms with van der Waals surface area (Å²) in [5.41, 5.74) is 0.593. The van der Waals surface area contributed by atoms with Crippen molar-refractivity contribution in [3.05, 3.63) is 41.7 Å². The van der Waals surface area contributed by atoms with Crippen LogP contribution < -0.4 is 0 Å². The van der Waals surface area contributed by atoms with Crippen molar-refractivity contribution in [3.63, 3.8) is 0 Å². The van der Waals surface area contributed by atoms with Gasteiger partial charge in [-0.2, -0.15) is 4.68 Å². The standard InChI is InChI=1S/C15H16FN7S/c1-22-13(17-18-14(22)10-4-2-5-10)9-24-15-19-20-21-23(15)12-7-3-6-11(16)8-12/h3,6-8,10H,2,4-5,9H2,1H3. The van der Waals surface area contributed by atoms with Gasteiger partial charge in [0.25, 0.3) is 0 Å². The molecular formula is C15H16FN7S. The molecule has 0 saturated heterocycles. The highest BCUT2D eigenvalue weighted by molar-refractivity contribution is 7.98. The smallest absolute Gasteiger partial charge is 0.214 e. The highest BCUT2D eigenvalue weighted by atomic mass is 32.2. The van der Waals surface area contributed by atoms with Crippen LogP contribution in [0.2, 0.25) is 0 Å². The maximum atomic E-state index is 13.4. The molecule has 0 unspecified atom stereocenters. The average molecular weight is 345 g/mol. The van der Waals surface area contributed by atoms with Gasteiger partial charge in [0.1, 0.15) is 17.5 Å². The molecule has 2 aromatic heterocycles. The van der Waals surface area contributed by atoms with Gasteiger partial charge in [0, 0.05) is 13.0 Å². The number of hydrogen-bond donors (Lipinski definition) is 0. The molecule has 1 aliphatic carbocycles. The van der Waals surface area contributed by atoms with Crippen LogP contribution in [-0.4, -0.2) is 35.0 Å². The SMILES string of the molecule is Cn1c(CSc2nnnn2-c2cccc(F)c2)nnc1C1CCC1. The first kappa shape index (κ1) is 15.3. The van der Waals surface area contributed by atoms with E-state index in [4.69, 9.17) is 0 Å². The summed E-state index contributed by atoms with van der Waals surface area (Å²) in [4.78, 5) is 0. The number of rotatable bonds is 5. The molecule has 124 valence electrons. The fraction of sp³-hybridized carbons (Fsp3) is 0.400. The van der Waals surface area contributed by atoms with Crippen LogP contribution in [0.15, 0.2) is 29.4 Å². The van der Waals surface area contributed by atoms with Crippen molar-refractivity contribution in [3.8, 4) is 5.69 Å². The molecule has 1 saturated carbocycles. The molecule has 0 amide bonds. The zero-order chi connectivity index (χ0) is 16.5. The molecule has 0 N–H and O–H groups in total. The highest BCUT2D eigenvalue weighted by Gasteiger charge is 2.25. The van der Waals surface area contributed by atoms with Crippen molar-refractivity contribution in [2.45, 2.75) is 36.1 Å². The van der Waals surface area contributed by atoms with E-state index in [9.17, 15) is 4.39 Å². The quantitative estimate of drug-likeness (QED) is 0.662. The molecule has 4 rings (SSSR count). The Kier molecular flexibility index (Phi) is 4.01. The van der Waals surface area contributed by atoms with Gasteiger partial charge >= 0.3 is 0 Å². The van der Waals surface area contributed by atoms with Crippen LogP contribution in [0.4, 0.5) is 4.39 Å². The summed E-state index contributed by atoms with van der Waals surface area (Å²) >= 11 is 1.45. The lowest BCUT2D eigenvalue weighted by Crippen LogP contribution is -2.14. The van der Waals surface area contributed by atoms with E-state index >= 15 is 0 Å². The van der Waals surface area contributed by atoms with Crippen LogP contribution in [0.25, 0.3) is 5.69 Å². The van der Waals surface area contributed by atoms with Gasteiger partial charge in [-0.25, -0.2) is 4.39 Å². The summed E-state index contributed by atoms with van der Waals surface area (Å²) in [5.74, 6) is 2.76. The van der Waals surface area contributed by atoms with Gasteiger partial charge in [0.15, 0.2) is 0 Å². The van der Waals surface area contributed by atoms with Crippen molar-refractivity contribution >= 4 is 11.8 Å². The molecule has 2 heterocycles. The topological polar surface area (TPSA) is 74.3 Å². The highest BCUT2D eigenvalue weighted by Crippen LogP contribution is 2.35. The van der Waals surface area contributed by atoms with Crippen molar-refractivity contribution in [2.24, 2.45) is 7.05 Å². The molecule has 1 aromatic carbocycles. The lowest BCUT2D eigenvalue weighted by atomic mass is 9.85. The van der Waals surface area contributed by atoms with Crippen LogP contribution in [0, 0.1) is 5.82 Å². The number of nitrogens with zero attached hydrogens (tertiary/aromatic N) is 7. The summed E-state index contributed by atoms with van der Waals surface area (Å²) in [6, 6.07) is 6.19. The Morgan fingerprint density at radius 2 is 2.12 bits per heavy atom. The van der Waals surface area contributed by atoms with E-state index in [1.165, 1.54) is 47.8 Å². The van der Waals surface area contributed by atoms with Crippen LogP contribution in [0.3, 0.4) is 0 Å². The van der Waals surface area contributed by atoms with Crippen LogP contribution >= 0.6 is 11.8 Å². The minimum absolute atomic E-state index is 0.322. The number of thioether (sulfide) groups is 1. The molecule has 7 nitrogen and oxygen atoms in total. The predicted octanol–water partition coefficient (Wildman–Crippen LogP) is 2.49. The van der Waals surface area contributed by atoms with Gasteiger partial charge in [-0.3, -0.25) is 0 Å². The van der Waals surface area contributed by atoms with Gasteiger partial charge in [-0.15, -0.1) is 15.3 Å². The van der Waals surface area contributed by atoms with Crippen LogP contribution in [-0.2, 0) is 12.8 Å². The molecule has 24 heavy (non-hydrogen) atoms. The molecule has 1 aliphatic rings. The second-order valence-electron chi connectivity index (χ2n) is 5.80. The first-order chi connectivity index (χ1) is 11.7. The summed E-state index contributed by atoms with van der Waals surface area (Å²) in [6.07, 6.45) is 3.65. The minimum Gasteiger partial charge on any atom is -0.317 e. The van der Waals surface area contributed by atoms with E-state index in [1.54, 1.807) is 12.1 Å². The van der Waals surface area contributed by atoms with E-state index in [0.717, 1.165) is 11.6 Å². The molecule has 0 spiro atoms. The summed E-state index contributed by atoms with van der Waals surface area (Å²) in [7, 11) is 2.00. The predicted molar refractivity (Wildman–Crippen MR) is 86.3 cm³/mol. The Labute approximate surface area is 142 Å². The van der Waals surface area contributed by atoms with Crippen molar-refractivity contribution in [1.29, 1.82) is 0 Å². The van der Waals surface area contributed by atoms with E-state index in [0.29, 0.717) is 22.5 Å².